The number of fused-ring (bicyclic) bond motifs is 10. The van der Waals surface area contributed by atoms with Crippen LogP contribution in [0.4, 0.5) is 0 Å². The van der Waals surface area contributed by atoms with Crippen molar-refractivity contribution in [3.63, 3.8) is 0 Å². The van der Waals surface area contributed by atoms with E-state index in [1.54, 1.807) is 5.57 Å². The second-order valence-corrected chi connectivity index (χ2v) is 19.9. The first-order valence-electron chi connectivity index (χ1n) is 20.8. The first kappa shape index (κ1) is 40.7. The molecule has 8 aliphatic rings. The van der Waals surface area contributed by atoms with Gasteiger partial charge in [-0.3, -0.25) is 0 Å². The van der Waals surface area contributed by atoms with Crippen LogP contribution in [0.3, 0.4) is 0 Å². The molecule has 0 spiro atoms. The Bertz CT molecular complexity index is 1190. The van der Waals surface area contributed by atoms with Crippen molar-refractivity contribution in [3.8, 4) is 0 Å². The largest absolute Gasteiger partial charge is 0.381 e. The average Bonchev–Trinajstić information content (AvgIpc) is 3.61. The number of ether oxygens (including phenoxy) is 4. The summed E-state index contributed by atoms with van der Waals surface area (Å²) in [5, 5.41) is 0. The molecule has 7 saturated carbocycles. The van der Waals surface area contributed by atoms with Gasteiger partial charge in [0, 0.05) is 65.7 Å². The van der Waals surface area contributed by atoms with Gasteiger partial charge in [0.15, 0.2) is 0 Å². The normalized spacial score (nSPS) is 53.4. The zero-order chi connectivity index (χ0) is 36.2. The van der Waals surface area contributed by atoms with Crippen molar-refractivity contribution < 1.29 is 18.9 Å². The van der Waals surface area contributed by atoms with Crippen molar-refractivity contribution in [1.82, 2.24) is 0 Å². The van der Waals surface area contributed by atoms with Gasteiger partial charge in [-0.05, 0) is 171 Å². The molecule has 0 aromatic rings. The molecule has 0 radical (unpaired) electrons. The maximum absolute atomic E-state index is 6.17. The zero-order valence-corrected chi connectivity index (χ0v) is 37.9. The summed E-state index contributed by atoms with van der Waals surface area (Å²) in [7, 11) is 7.69. The molecular formula is C44H74I2O4. The number of halogens is 2. The van der Waals surface area contributed by atoms with Gasteiger partial charge in [0.1, 0.15) is 0 Å². The smallest absolute Gasteiger partial charge is 0.0788 e. The lowest BCUT2D eigenvalue weighted by molar-refractivity contribution is -0.181. The van der Waals surface area contributed by atoms with E-state index >= 15 is 0 Å². The molecule has 6 heteroatoms. The summed E-state index contributed by atoms with van der Waals surface area (Å²) >= 11 is 4.24. The molecule has 11 unspecified atom stereocenters. The van der Waals surface area contributed by atoms with Gasteiger partial charge in [0.2, 0.25) is 0 Å². The van der Waals surface area contributed by atoms with E-state index in [-0.39, 0.29) is 0 Å². The van der Waals surface area contributed by atoms with Crippen LogP contribution >= 0.6 is 37.2 Å². The highest BCUT2D eigenvalue weighted by Gasteiger charge is 2.63. The number of hydrogen-bond donors (Lipinski definition) is 0. The molecular weight excluding hydrogens is 846 g/mol. The van der Waals surface area contributed by atoms with Crippen LogP contribution < -0.4 is 0 Å². The molecule has 0 amide bonds. The maximum Gasteiger partial charge on any atom is 0.0788 e. The Hall–Kier alpha value is 1.04. The Labute approximate surface area is 331 Å². The topological polar surface area (TPSA) is 36.9 Å². The minimum atomic E-state index is 0.323. The monoisotopic (exact) mass is 920 g/mol. The number of methoxy groups -OCH3 is 4. The van der Waals surface area contributed by atoms with Crippen LogP contribution in [0.2, 0.25) is 0 Å². The van der Waals surface area contributed by atoms with Crippen LogP contribution in [0.5, 0.6) is 0 Å². The van der Waals surface area contributed by atoms with E-state index in [1.165, 1.54) is 89.9 Å². The van der Waals surface area contributed by atoms with E-state index in [2.05, 4.69) is 84.9 Å². The maximum atomic E-state index is 6.17. The first-order chi connectivity index (χ1) is 23.9. The van der Waals surface area contributed by atoms with E-state index < -0.39 is 0 Å². The van der Waals surface area contributed by atoms with Gasteiger partial charge in [0.25, 0.3) is 0 Å². The second kappa shape index (κ2) is 15.9. The summed E-state index contributed by atoms with van der Waals surface area (Å²) in [6.07, 6.45) is 24.5. The van der Waals surface area contributed by atoms with Crippen LogP contribution in [-0.4, -0.2) is 52.9 Å². The van der Waals surface area contributed by atoms with Gasteiger partial charge in [-0.15, -0.1) is 0 Å². The third-order valence-electron chi connectivity index (χ3n) is 18.9. The van der Waals surface area contributed by atoms with Crippen molar-refractivity contribution in [2.45, 2.75) is 162 Å². The van der Waals surface area contributed by atoms with Gasteiger partial charge in [0.05, 0.1) is 24.4 Å². The highest BCUT2D eigenvalue weighted by molar-refractivity contribution is 15.0. The fourth-order valence-electron chi connectivity index (χ4n) is 15.2. The van der Waals surface area contributed by atoms with Crippen LogP contribution in [0.15, 0.2) is 11.6 Å². The molecule has 4 nitrogen and oxygen atoms in total. The molecule has 50 heavy (non-hydrogen) atoms. The van der Waals surface area contributed by atoms with E-state index in [4.69, 9.17) is 18.9 Å². The van der Waals surface area contributed by atoms with Crippen LogP contribution in [0, 0.1) is 74.9 Å². The van der Waals surface area contributed by atoms with Crippen LogP contribution in [-0.2, 0) is 18.9 Å². The third-order valence-corrected chi connectivity index (χ3v) is 18.9. The molecule has 0 N–H and O–H groups in total. The minimum absolute atomic E-state index is 0.323. The summed E-state index contributed by atoms with van der Waals surface area (Å²) in [6.45, 7) is 15.4. The van der Waals surface area contributed by atoms with Gasteiger partial charge < -0.3 is 18.9 Å². The predicted molar refractivity (Wildman–Crippen MR) is 224 cm³/mol. The highest BCUT2D eigenvalue weighted by Crippen LogP contribution is 2.69. The SMILES string of the molecule is COC1CC[C@@]2(C)C(=CC(OC)C3C2CC[C@@]2(C)C3CC[C@@H]2C)C1.COC1CC[C@@]2(C)C(C1)CC(OC)C1C2CC[C@@]2(C)C1CC[C@@H]2C.II. The van der Waals surface area contributed by atoms with Crippen molar-refractivity contribution in [2.24, 2.45) is 74.9 Å². The van der Waals surface area contributed by atoms with Crippen molar-refractivity contribution in [3.05, 3.63) is 11.6 Å². The van der Waals surface area contributed by atoms with Gasteiger partial charge in [-0.1, -0.05) is 53.2 Å². The summed E-state index contributed by atoms with van der Waals surface area (Å²) in [4.78, 5) is 0. The molecule has 0 aromatic carbocycles. The van der Waals surface area contributed by atoms with E-state index in [1.807, 2.05) is 28.4 Å². The molecule has 0 heterocycles. The minimum Gasteiger partial charge on any atom is -0.381 e. The Morgan fingerprint density at radius 3 is 1.68 bits per heavy atom. The standard InChI is InChI=1S/C22H38O2.C22H36O2.I2/c2*1-14-6-7-17-20-18(9-11-21(14,17)2)22(3)10-8-16(23-4)12-15(22)13-19(20)24-5;1-2/h14-20H,6-13H2,1-5H3;13-14,16-20H,6-12H2,1-5H3;/t14-,15?,16?,17?,18?,19?,20?,21+,22-;14-,16?,17?,18?,19?,20?,21+,22-;/m00./s1. The van der Waals surface area contributed by atoms with Crippen LogP contribution in [0.1, 0.15) is 138 Å². The molecule has 288 valence electrons. The van der Waals surface area contributed by atoms with E-state index in [0.717, 1.165) is 59.7 Å². The molecule has 7 fully saturated rings. The van der Waals surface area contributed by atoms with Crippen molar-refractivity contribution >= 4 is 37.2 Å². The average molecular weight is 921 g/mol. The number of hydrogen-bond acceptors (Lipinski definition) is 4. The Balaban J connectivity index is 0.000000165. The lowest BCUT2D eigenvalue weighted by atomic mass is 9.44. The second-order valence-electron chi connectivity index (χ2n) is 19.9. The molecule has 0 bridgehead atoms. The molecule has 8 aliphatic carbocycles. The number of rotatable bonds is 4. The molecule has 0 aliphatic heterocycles. The molecule has 0 aromatic heterocycles. The van der Waals surface area contributed by atoms with Gasteiger partial charge in [-0.25, -0.2) is 0 Å². The fourth-order valence-corrected chi connectivity index (χ4v) is 15.2. The van der Waals surface area contributed by atoms with Crippen molar-refractivity contribution in [1.29, 1.82) is 0 Å². The van der Waals surface area contributed by atoms with Crippen molar-refractivity contribution in [2.75, 3.05) is 28.4 Å². The summed E-state index contributed by atoms with van der Waals surface area (Å²) < 4.78 is 23.7. The summed E-state index contributed by atoms with van der Waals surface area (Å²) in [5.41, 5.74) is 3.68. The lowest BCUT2D eigenvalue weighted by Gasteiger charge is -2.62. The third kappa shape index (κ3) is 6.59. The highest BCUT2D eigenvalue weighted by atomic mass is 128. The quantitative estimate of drug-likeness (QED) is 0.208. The molecule has 0 saturated heterocycles. The Kier molecular flexibility index (Phi) is 12.9. The van der Waals surface area contributed by atoms with Crippen LogP contribution in [0.25, 0.3) is 0 Å². The first-order valence-corrected chi connectivity index (χ1v) is 27.1. The molecule has 17 atom stereocenters. The van der Waals surface area contributed by atoms with Gasteiger partial charge >= 0.3 is 0 Å². The Morgan fingerprint density at radius 1 is 0.560 bits per heavy atom. The summed E-state index contributed by atoms with van der Waals surface area (Å²) in [6, 6.07) is 0. The Morgan fingerprint density at radius 2 is 1.10 bits per heavy atom. The predicted octanol–water partition coefficient (Wildman–Crippen LogP) is 12.3. The summed E-state index contributed by atoms with van der Waals surface area (Å²) in [5.74, 6) is 7.54. The van der Waals surface area contributed by atoms with E-state index in [9.17, 15) is 0 Å². The molecule has 8 rings (SSSR count). The fraction of sp³-hybridized carbons (Fsp3) is 0.955. The zero-order valence-electron chi connectivity index (χ0n) is 33.6. The lowest BCUT2D eigenvalue weighted by Crippen LogP contribution is -2.58. The van der Waals surface area contributed by atoms with E-state index in [0.29, 0.717) is 46.1 Å². The van der Waals surface area contributed by atoms with Gasteiger partial charge in [-0.2, -0.15) is 0 Å².